The molecule has 1 amide bonds. The first-order valence-electron chi connectivity index (χ1n) is 12.0. The summed E-state index contributed by atoms with van der Waals surface area (Å²) < 4.78 is 2.26. The van der Waals surface area contributed by atoms with Crippen LogP contribution in [0.3, 0.4) is 0 Å². The molecule has 1 aromatic heterocycles. The number of carbonyl (C=O) groups excluding carboxylic acids is 1. The van der Waals surface area contributed by atoms with E-state index in [4.69, 9.17) is 0 Å². The summed E-state index contributed by atoms with van der Waals surface area (Å²) in [6.07, 6.45) is 1.70. The molecule has 0 saturated carbocycles. The molecule has 5 nitrogen and oxygen atoms in total. The van der Waals surface area contributed by atoms with Crippen LogP contribution in [0.1, 0.15) is 17.5 Å². The number of hydrazone groups is 1. The Morgan fingerprint density at radius 3 is 2.25 bits per heavy atom. The van der Waals surface area contributed by atoms with E-state index in [1.54, 1.807) is 24.3 Å². The first-order chi connectivity index (χ1) is 17.6. The number of amides is 1. The molecular formula is C31H27N3O2. The lowest BCUT2D eigenvalue weighted by atomic mass is 9.98. The molecule has 178 valence electrons. The summed E-state index contributed by atoms with van der Waals surface area (Å²) in [5.74, 6) is -0.0805. The lowest BCUT2D eigenvalue weighted by Crippen LogP contribution is -2.19. The van der Waals surface area contributed by atoms with Crippen molar-refractivity contribution in [2.75, 3.05) is 0 Å². The van der Waals surface area contributed by atoms with E-state index in [1.807, 2.05) is 24.3 Å². The second-order valence-corrected chi connectivity index (χ2v) is 8.68. The fourth-order valence-electron chi connectivity index (χ4n) is 4.65. The fourth-order valence-corrected chi connectivity index (χ4v) is 4.65. The Morgan fingerprint density at radius 1 is 0.861 bits per heavy atom. The van der Waals surface area contributed by atoms with Gasteiger partial charge in [0.05, 0.1) is 17.4 Å². The van der Waals surface area contributed by atoms with Gasteiger partial charge in [0.1, 0.15) is 5.75 Å². The highest BCUT2D eigenvalue weighted by Crippen LogP contribution is 2.42. The summed E-state index contributed by atoms with van der Waals surface area (Å²) in [5.41, 5.74) is 9.93. The molecule has 5 rings (SSSR count). The molecule has 4 aromatic carbocycles. The Hall–Kier alpha value is -4.64. The van der Waals surface area contributed by atoms with Crippen LogP contribution in [0.2, 0.25) is 0 Å². The van der Waals surface area contributed by atoms with Gasteiger partial charge >= 0.3 is 0 Å². The van der Waals surface area contributed by atoms with Gasteiger partial charge in [0.15, 0.2) is 0 Å². The van der Waals surface area contributed by atoms with Gasteiger partial charge in [-0.25, -0.2) is 5.43 Å². The summed E-state index contributed by atoms with van der Waals surface area (Å²) >= 11 is 0. The number of benzene rings is 4. The quantitative estimate of drug-likeness (QED) is 0.208. The first-order valence-corrected chi connectivity index (χ1v) is 12.0. The van der Waals surface area contributed by atoms with Crippen molar-refractivity contribution in [2.45, 2.75) is 19.9 Å². The molecule has 1 heterocycles. The Bertz CT molecular complexity index is 1540. The van der Waals surface area contributed by atoms with Gasteiger partial charge in [0, 0.05) is 29.5 Å². The minimum absolute atomic E-state index is 0.116. The van der Waals surface area contributed by atoms with E-state index in [-0.39, 0.29) is 18.1 Å². The SMILES string of the molecule is Cc1cccc2c(-c3ccccc3)c(-c3ccccc3)n(CCC(=O)N/N=C\c3ccccc3O)c12. The fraction of sp³-hybridized carbons (Fsp3) is 0.0968. The van der Waals surface area contributed by atoms with Crippen molar-refractivity contribution in [3.8, 4) is 28.1 Å². The van der Waals surface area contributed by atoms with E-state index in [9.17, 15) is 9.90 Å². The van der Waals surface area contributed by atoms with E-state index in [0.29, 0.717) is 12.1 Å². The molecule has 0 atom stereocenters. The minimum Gasteiger partial charge on any atom is -0.507 e. The number of carbonyl (C=O) groups is 1. The lowest BCUT2D eigenvalue weighted by Gasteiger charge is -2.13. The number of aromatic nitrogens is 1. The van der Waals surface area contributed by atoms with Crippen LogP contribution < -0.4 is 5.43 Å². The molecule has 2 N–H and O–H groups in total. The molecule has 5 heteroatoms. The van der Waals surface area contributed by atoms with Gasteiger partial charge in [0.2, 0.25) is 5.91 Å². The number of hydrogen-bond acceptors (Lipinski definition) is 3. The number of para-hydroxylation sites is 2. The second-order valence-electron chi connectivity index (χ2n) is 8.68. The summed E-state index contributed by atoms with van der Waals surface area (Å²) in [6.45, 7) is 2.61. The van der Waals surface area contributed by atoms with Crippen LogP contribution in [0.25, 0.3) is 33.3 Å². The average molecular weight is 474 g/mol. The lowest BCUT2D eigenvalue weighted by molar-refractivity contribution is -0.121. The van der Waals surface area contributed by atoms with Crippen molar-refractivity contribution < 1.29 is 9.90 Å². The minimum atomic E-state index is -0.197. The molecule has 0 aliphatic rings. The topological polar surface area (TPSA) is 66.6 Å². The van der Waals surface area contributed by atoms with Gasteiger partial charge in [-0.2, -0.15) is 5.10 Å². The van der Waals surface area contributed by atoms with Gasteiger partial charge in [-0.1, -0.05) is 91.0 Å². The summed E-state index contributed by atoms with van der Waals surface area (Å²) in [5, 5.41) is 15.1. The van der Waals surface area contributed by atoms with Crippen molar-refractivity contribution in [2.24, 2.45) is 5.10 Å². The number of hydrogen-bond donors (Lipinski definition) is 2. The van der Waals surface area contributed by atoms with E-state index >= 15 is 0 Å². The van der Waals surface area contributed by atoms with Crippen LogP contribution in [0.4, 0.5) is 0 Å². The third kappa shape index (κ3) is 4.64. The number of aromatic hydroxyl groups is 1. The van der Waals surface area contributed by atoms with Gasteiger partial charge in [-0.3, -0.25) is 4.79 Å². The van der Waals surface area contributed by atoms with Crippen LogP contribution in [-0.2, 0) is 11.3 Å². The van der Waals surface area contributed by atoms with E-state index < -0.39 is 0 Å². The van der Waals surface area contributed by atoms with E-state index in [1.165, 1.54) is 11.8 Å². The Kier molecular flexibility index (Phi) is 6.63. The summed E-state index contributed by atoms with van der Waals surface area (Å²) in [7, 11) is 0. The smallest absolute Gasteiger partial charge is 0.241 e. The maximum atomic E-state index is 12.7. The zero-order valence-corrected chi connectivity index (χ0v) is 20.1. The molecule has 0 saturated heterocycles. The highest BCUT2D eigenvalue weighted by Gasteiger charge is 2.21. The second kappa shape index (κ2) is 10.3. The molecule has 0 aliphatic heterocycles. The Morgan fingerprint density at radius 2 is 1.53 bits per heavy atom. The van der Waals surface area contributed by atoms with Crippen LogP contribution in [0.15, 0.2) is 108 Å². The van der Waals surface area contributed by atoms with E-state index in [2.05, 4.69) is 76.6 Å². The van der Waals surface area contributed by atoms with Crippen LogP contribution >= 0.6 is 0 Å². The van der Waals surface area contributed by atoms with Crippen LogP contribution in [-0.4, -0.2) is 21.8 Å². The predicted octanol–water partition coefficient (Wildman–Crippen LogP) is 6.53. The van der Waals surface area contributed by atoms with Gasteiger partial charge in [-0.15, -0.1) is 0 Å². The average Bonchev–Trinajstić information content (AvgIpc) is 3.25. The molecule has 36 heavy (non-hydrogen) atoms. The van der Waals surface area contributed by atoms with E-state index in [0.717, 1.165) is 33.3 Å². The number of aryl methyl sites for hydroxylation is 2. The number of rotatable bonds is 7. The summed E-state index contributed by atoms with van der Waals surface area (Å²) in [6, 6.07) is 33.9. The van der Waals surface area contributed by atoms with Crippen molar-refractivity contribution in [1.29, 1.82) is 0 Å². The molecule has 0 spiro atoms. The molecule has 0 radical (unpaired) electrons. The molecule has 0 aliphatic carbocycles. The number of phenols is 1. The Labute approximate surface area is 210 Å². The van der Waals surface area contributed by atoms with Gasteiger partial charge < -0.3 is 9.67 Å². The predicted molar refractivity (Wildman–Crippen MR) is 146 cm³/mol. The standard InChI is InChI=1S/C31H27N3O2/c1-22-11-10-17-26-29(23-12-4-2-5-13-23)31(24-14-6-3-7-15-24)34(30(22)26)20-19-28(36)33-32-21-25-16-8-9-18-27(25)35/h2-18,21,35H,19-20H2,1H3,(H,33,36)/b32-21-. The highest BCUT2D eigenvalue weighted by atomic mass is 16.3. The van der Waals surface area contributed by atoms with Crippen LogP contribution in [0.5, 0.6) is 5.75 Å². The normalized spacial score (nSPS) is 11.2. The zero-order chi connectivity index (χ0) is 24.9. The molecule has 0 unspecified atom stereocenters. The van der Waals surface area contributed by atoms with Crippen molar-refractivity contribution >= 4 is 23.0 Å². The van der Waals surface area contributed by atoms with Gasteiger partial charge in [0.25, 0.3) is 0 Å². The third-order valence-corrected chi connectivity index (χ3v) is 6.29. The Balaban J connectivity index is 1.52. The maximum absolute atomic E-state index is 12.7. The molecule has 0 fully saturated rings. The molecule has 5 aromatic rings. The van der Waals surface area contributed by atoms with Crippen LogP contribution in [0, 0.1) is 6.92 Å². The van der Waals surface area contributed by atoms with Crippen molar-refractivity contribution in [3.05, 3.63) is 114 Å². The van der Waals surface area contributed by atoms with Gasteiger partial charge in [-0.05, 0) is 35.7 Å². The molecular weight excluding hydrogens is 446 g/mol. The third-order valence-electron chi connectivity index (χ3n) is 6.29. The largest absolute Gasteiger partial charge is 0.507 e. The first kappa shape index (κ1) is 23.1. The maximum Gasteiger partial charge on any atom is 0.241 e. The van der Waals surface area contributed by atoms with Crippen molar-refractivity contribution in [3.63, 3.8) is 0 Å². The summed E-state index contributed by atoms with van der Waals surface area (Å²) in [4.78, 5) is 12.7. The number of fused-ring (bicyclic) bond motifs is 1. The van der Waals surface area contributed by atoms with Crippen molar-refractivity contribution in [1.82, 2.24) is 9.99 Å². The highest BCUT2D eigenvalue weighted by molar-refractivity contribution is 6.05. The number of phenolic OH excluding ortho intramolecular Hbond substituents is 1. The zero-order valence-electron chi connectivity index (χ0n) is 20.1. The number of nitrogens with one attached hydrogen (secondary N) is 1. The number of nitrogens with zero attached hydrogens (tertiary/aromatic N) is 2. The monoisotopic (exact) mass is 473 g/mol. The molecule has 0 bridgehead atoms.